The Morgan fingerprint density at radius 1 is 1.00 bits per heavy atom. The summed E-state index contributed by atoms with van der Waals surface area (Å²) in [5.41, 5.74) is -0.443. The van der Waals surface area contributed by atoms with Gasteiger partial charge in [-0.1, -0.05) is 45.4 Å². The predicted molar refractivity (Wildman–Crippen MR) is 79.9 cm³/mol. The maximum absolute atomic E-state index is 13.7. The SMILES string of the molecule is CCCCCCCCCC(=O)c1c(F)cc(OC)cc1F. The van der Waals surface area contributed by atoms with E-state index in [0.29, 0.717) is 6.42 Å². The molecule has 0 heterocycles. The molecule has 0 atom stereocenters. The summed E-state index contributed by atoms with van der Waals surface area (Å²) >= 11 is 0. The number of halogens is 2. The highest BCUT2D eigenvalue weighted by Crippen LogP contribution is 2.22. The van der Waals surface area contributed by atoms with Gasteiger partial charge in [0.2, 0.25) is 0 Å². The monoisotopic (exact) mass is 298 g/mol. The smallest absolute Gasteiger partial charge is 0.168 e. The van der Waals surface area contributed by atoms with Crippen molar-refractivity contribution in [3.63, 3.8) is 0 Å². The quantitative estimate of drug-likeness (QED) is 0.433. The molecule has 0 radical (unpaired) electrons. The number of hydrogen-bond acceptors (Lipinski definition) is 2. The van der Waals surface area contributed by atoms with Crippen molar-refractivity contribution in [2.45, 2.75) is 58.3 Å². The van der Waals surface area contributed by atoms with Crippen LogP contribution in [0.3, 0.4) is 0 Å². The summed E-state index contributed by atoms with van der Waals surface area (Å²) in [5, 5.41) is 0. The van der Waals surface area contributed by atoms with Crippen LogP contribution in [0.1, 0.15) is 68.6 Å². The number of unbranched alkanes of at least 4 members (excludes halogenated alkanes) is 6. The molecule has 0 N–H and O–H groups in total. The van der Waals surface area contributed by atoms with E-state index in [-0.39, 0.29) is 12.2 Å². The molecule has 0 fully saturated rings. The molecule has 21 heavy (non-hydrogen) atoms. The summed E-state index contributed by atoms with van der Waals surface area (Å²) < 4.78 is 32.2. The van der Waals surface area contributed by atoms with Gasteiger partial charge in [-0.15, -0.1) is 0 Å². The number of ether oxygens (including phenoxy) is 1. The number of Topliss-reactive ketones (excluding diaryl/α,β-unsaturated/α-hetero) is 1. The van der Waals surface area contributed by atoms with Crippen molar-refractivity contribution in [2.24, 2.45) is 0 Å². The molecule has 0 spiro atoms. The number of carbonyl (C=O) groups excluding carboxylic acids is 1. The Hall–Kier alpha value is -1.45. The van der Waals surface area contributed by atoms with E-state index in [1.54, 1.807) is 0 Å². The number of benzene rings is 1. The minimum Gasteiger partial charge on any atom is -0.497 e. The van der Waals surface area contributed by atoms with Crippen LogP contribution in [0.5, 0.6) is 5.75 Å². The maximum Gasteiger partial charge on any atom is 0.168 e. The summed E-state index contributed by atoms with van der Waals surface area (Å²) in [6, 6.07) is 2.09. The minimum absolute atomic E-state index is 0.0810. The molecule has 1 rings (SSSR count). The van der Waals surface area contributed by atoms with Gasteiger partial charge in [0.1, 0.15) is 17.4 Å². The van der Waals surface area contributed by atoms with Gasteiger partial charge in [0, 0.05) is 18.6 Å². The Balaban J connectivity index is 2.42. The van der Waals surface area contributed by atoms with Crippen LogP contribution >= 0.6 is 0 Å². The van der Waals surface area contributed by atoms with Gasteiger partial charge in [0.05, 0.1) is 12.7 Å². The van der Waals surface area contributed by atoms with Gasteiger partial charge in [0.25, 0.3) is 0 Å². The average Bonchev–Trinajstić information content (AvgIpc) is 2.45. The zero-order valence-corrected chi connectivity index (χ0v) is 12.9. The second kappa shape index (κ2) is 9.48. The van der Waals surface area contributed by atoms with E-state index >= 15 is 0 Å². The lowest BCUT2D eigenvalue weighted by Gasteiger charge is -2.07. The Kier molecular flexibility index (Phi) is 7.95. The Labute approximate surface area is 125 Å². The second-order valence-electron chi connectivity index (χ2n) is 5.26. The van der Waals surface area contributed by atoms with E-state index in [4.69, 9.17) is 4.74 Å². The van der Waals surface area contributed by atoms with Gasteiger partial charge in [0.15, 0.2) is 5.78 Å². The van der Waals surface area contributed by atoms with Crippen molar-refractivity contribution < 1.29 is 18.3 Å². The molecule has 0 aliphatic rings. The largest absolute Gasteiger partial charge is 0.497 e. The normalized spacial score (nSPS) is 10.7. The lowest BCUT2D eigenvalue weighted by Crippen LogP contribution is -2.06. The van der Waals surface area contributed by atoms with Crippen LogP contribution in [-0.4, -0.2) is 12.9 Å². The van der Waals surface area contributed by atoms with E-state index in [0.717, 1.165) is 31.4 Å². The average molecular weight is 298 g/mol. The number of methoxy groups -OCH3 is 1. The van der Waals surface area contributed by atoms with E-state index in [2.05, 4.69) is 6.92 Å². The lowest BCUT2D eigenvalue weighted by atomic mass is 10.0. The fraction of sp³-hybridized carbons (Fsp3) is 0.588. The van der Waals surface area contributed by atoms with Gasteiger partial charge < -0.3 is 4.74 Å². The number of ketones is 1. The predicted octanol–water partition coefficient (Wildman–Crippen LogP) is 5.30. The molecule has 2 nitrogen and oxygen atoms in total. The molecule has 1 aromatic carbocycles. The van der Waals surface area contributed by atoms with Crippen molar-refractivity contribution in [1.82, 2.24) is 0 Å². The molecule has 0 aliphatic carbocycles. The van der Waals surface area contributed by atoms with Crippen LogP contribution < -0.4 is 4.74 Å². The van der Waals surface area contributed by atoms with E-state index in [9.17, 15) is 13.6 Å². The summed E-state index contributed by atoms with van der Waals surface area (Å²) in [6.45, 7) is 2.16. The fourth-order valence-electron chi connectivity index (χ4n) is 2.30. The third-order valence-corrected chi connectivity index (χ3v) is 3.54. The zero-order chi connectivity index (χ0) is 15.7. The molecule has 118 valence electrons. The van der Waals surface area contributed by atoms with Gasteiger partial charge in [-0.05, 0) is 6.42 Å². The molecule has 0 amide bonds. The molecular formula is C17H24F2O2. The third kappa shape index (κ3) is 5.82. The number of rotatable bonds is 10. The first-order chi connectivity index (χ1) is 10.1. The van der Waals surface area contributed by atoms with Crippen molar-refractivity contribution in [2.75, 3.05) is 7.11 Å². The summed E-state index contributed by atoms with van der Waals surface area (Å²) in [6.07, 6.45) is 7.68. The zero-order valence-electron chi connectivity index (χ0n) is 12.9. The van der Waals surface area contributed by atoms with Crippen molar-refractivity contribution in [3.8, 4) is 5.75 Å². The third-order valence-electron chi connectivity index (χ3n) is 3.54. The molecule has 4 heteroatoms. The fourth-order valence-corrected chi connectivity index (χ4v) is 2.30. The first-order valence-electron chi connectivity index (χ1n) is 7.66. The number of hydrogen-bond donors (Lipinski definition) is 0. The summed E-state index contributed by atoms with van der Waals surface area (Å²) in [4.78, 5) is 11.9. The molecule has 0 saturated heterocycles. The van der Waals surface area contributed by atoms with Gasteiger partial charge in [-0.3, -0.25) is 4.79 Å². The highest BCUT2D eigenvalue weighted by molar-refractivity contribution is 5.96. The lowest BCUT2D eigenvalue weighted by molar-refractivity contribution is 0.0971. The van der Waals surface area contributed by atoms with Gasteiger partial charge >= 0.3 is 0 Å². The Morgan fingerprint density at radius 3 is 2.05 bits per heavy atom. The van der Waals surface area contributed by atoms with Crippen LogP contribution in [-0.2, 0) is 0 Å². The molecule has 0 aliphatic heterocycles. The summed E-state index contributed by atoms with van der Waals surface area (Å²) in [7, 11) is 1.33. The van der Waals surface area contributed by atoms with Crippen LogP contribution in [0.2, 0.25) is 0 Å². The highest BCUT2D eigenvalue weighted by atomic mass is 19.1. The van der Waals surface area contributed by atoms with E-state index < -0.39 is 23.0 Å². The van der Waals surface area contributed by atoms with Gasteiger partial charge in [-0.2, -0.15) is 0 Å². The molecule has 0 saturated carbocycles. The first kappa shape index (κ1) is 17.6. The molecule has 0 unspecified atom stereocenters. The van der Waals surface area contributed by atoms with Crippen LogP contribution in [0.25, 0.3) is 0 Å². The Bertz CT molecular complexity index is 435. The van der Waals surface area contributed by atoms with Crippen LogP contribution in [0, 0.1) is 11.6 Å². The molecule has 0 bridgehead atoms. The standard InChI is InChI=1S/C17H24F2O2/c1-3-4-5-6-7-8-9-10-16(20)17-14(18)11-13(21-2)12-15(17)19/h11-12H,3-10H2,1-2H3. The Morgan fingerprint density at radius 2 is 1.52 bits per heavy atom. The highest BCUT2D eigenvalue weighted by Gasteiger charge is 2.18. The molecule has 1 aromatic rings. The molecule has 0 aromatic heterocycles. The van der Waals surface area contributed by atoms with Crippen molar-refractivity contribution in [3.05, 3.63) is 29.3 Å². The summed E-state index contributed by atoms with van der Waals surface area (Å²) in [5.74, 6) is -2.08. The minimum atomic E-state index is -0.847. The van der Waals surface area contributed by atoms with E-state index in [1.807, 2.05) is 0 Å². The van der Waals surface area contributed by atoms with Crippen molar-refractivity contribution >= 4 is 5.78 Å². The van der Waals surface area contributed by atoms with Crippen LogP contribution in [0.15, 0.2) is 12.1 Å². The van der Waals surface area contributed by atoms with Gasteiger partial charge in [-0.25, -0.2) is 8.78 Å². The maximum atomic E-state index is 13.7. The second-order valence-corrected chi connectivity index (χ2v) is 5.26. The van der Waals surface area contributed by atoms with Crippen molar-refractivity contribution in [1.29, 1.82) is 0 Å². The first-order valence-corrected chi connectivity index (χ1v) is 7.66. The number of carbonyl (C=O) groups is 1. The topological polar surface area (TPSA) is 26.3 Å². The van der Waals surface area contributed by atoms with Crippen LogP contribution in [0.4, 0.5) is 8.78 Å². The van der Waals surface area contributed by atoms with E-state index in [1.165, 1.54) is 26.4 Å². The molecular weight excluding hydrogens is 274 g/mol.